The van der Waals surface area contributed by atoms with Crippen molar-refractivity contribution in [3.63, 3.8) is 0 Å². The monoisotopic (exact) mass is 338 g/mol. The lowest BCUT2D eigenvalue weighted by Gasteiger charge is -2.03. The molecule has 4 N–H and O–H groups in total. The van der Waals surface area contributed by atoms with E-state index >= 15 is 0 Å². The predicted molar refractivity (Wildman–Crippen MR) is 88.3 cm³/mol. The lowest BCUT2D eigenvalue weighted by Crippen LogP contribution is -2.18. The van der Waals surface area contributed by atoms with Gasteiger partial charge in [0.1, 0.15) is 10.7 Å². The van der Waals surface area contributed by atoms with Gasteiger partial charge in [-0.15, -0.1) is 0 Å². The molecule has 1 aromatic carbocycles. The lowest BCUT2D eigenvalue weighted by molar-refractivity contribution is 0.0959. The van der Waals surface area contributed by atoms with E-state index in [4.69, 9.17) is 22.7 Å². The first-order chi connectivity index (χ1) is 10.4. The molecule has 1 amide bonds. The Morgan fingerprint density at radius 3 is 2.91 bits per heavy atom. The summed E-state index contributed by atoms with van der Waals surface area (Å²) in [7, 11) is 3.14. The molecule has 7 nitrogen and oxygen atoms in total. The predicted octanol–water partition coefficient (Wildman–Crippen LogP) is 1.88. The smallest absolute Gasteiger partial charge is 0.285 e. The molecule has 0 unspecified atom stereocenters. The summed E-state index contributed by atoms with van der Waals surface area (Å²) in [5, 5.41) is 13.3. The fourth-order valence-electron chi connectivity index (χ4n) is 1.61. The molecule has 116 valence electrons. The number of aromatic hydroxyl groups is 1. The fourth-order valence-corrected chi connectivity index (χ4v) is 2.75. The van der Waals surface area contributed by atoms with E-state index < -0.39 is 5.91 Å². The molecule has 0 atom stereocenters. The summed E-state index contributed by atoms with van der Waals surface area (Å²) < 4.78 is 7.05. The van der Waals surface area contributed by atoms with E-state index in [1.807, 2.05) is 0 Å². The van der Waals surface area contributed by atoms with Gasteiger partial charge >= 0.3 is 0 Å². The zero-order valence-corrected chi connectivity index (χ0v) is 13.5. The Labute approximate surface area is 135 Å². The summed E-state index contributed by atoms with van der Waals surface area (Å²) in [6.45, 7) is 0. The molecule has 0 aliphatic carbocycles. The van der Waals surface area contributed by atoms with Crippen LogP contribution >= 0.6 is 23.6 Å². The first kappa shape index (κ1) is 16.0. The lowest BCUT2D eigenvalue weighted by atomic mass is 10.2. The van der Waals surface area contributed by atoms with Gasteiger partial charge in [0.25, 0.3) is 5.91 Å². The van der Waals surface area contributed by atoms with E-state index in [9.17, 15) is 9.90 Å². The standard InChI is InChI=1S/C13H14N4O3S2/c1-17-11(14)10(22-13(17)21)12(19)16-15-6-7-3-4-8(18)9(5-7)20-2/h3-6,18H,14H2,1-2H3,(H,16,19)/b15-6+. The van der Waals surface area contributed by atoms with Gasteiger partial charge < -0.3 is 20.1 Å². The number of nitrogens with two attached hydrogens (primary N) is 1. The highest BCUT2D eigenvalue weighted by Crippen LogP contribution is 2.25. The molecule has 2 rings (SSSR count). The van der Waals surface area contributed by atoms with E-state index in [1.54, 1.807) is 23.7 Å². The van der Waals surface area contributed by atoms with Crippen LogP contribution < -0.4 is 15.9 Å². The van der Waals surface area contributed by atoms with Crippen molar-refractivity contribution < 1.29 is 14.6 Å². The number of ether oxygens (including phenoxy) is 1. The van der Waals surface area contributed by atoms with Crippen LogP contribution in [0.4, 0.5) is 5.82 Å². The molecule has 0 bridgehead atoms. The molecule has 0 radical (unpaired) electrons. The van der Waals surface area contributed by atoms with Crippen LogP contribution in [-0.2, 0) is 7.05 Å². The average Bonchev–Trinajstić information content (AvgIpc) is 2.76. The number of methoxy groups -OCH3 is 1. The number of hydrogen-bond donors (Lipinski definition) is 3. The number of carbonyl (C=O) groups is 1. The SMILES string of the molecule is COc1cc(/C=N/NC(=O)c2sc(=S)n(C)c2N)ccc1O. The molecule has 0 fully saturated rings. The number of carbonyl (C=O) groups excluding carboxylic acids is 1. The van der Waals surface area contributed by atoms with Gasteiger partial charge in [-0.05, 0) is 36.0 Å². The molecule has 22 heavy (non-hydrogen) atoms. The van der Waals surface area contributed by atoms with E-state index in [2.05, 4.69) is 10.5 Å². The molecule has 0 saturated carbocycles. The third kappa shape index (κ3) is 3.26. The highest BCUT2D eigenvalue weighted by molar-refractivity contribution is 7.73. The Hall–Kier alpha value is -2.39. The molecule has 0 aliphatic heterocycles. The number of nitrogens with one attached hydrogen (secondary N) is 1. The van der Waals surface area contributed by atoms with Crippen LogP contribution in [0.5, 0.6) is 11.5 Å². The van der Waals surface area contributed by atoms with Crippen LogP contribution in [-0.4, -0.2) is 28.9 Å². The van der Waals surface area contributed by atoms with Crippen molar-refractivity contribution in [1.82, 2.24) is 9.99 Å². The third-order valence-corrected chi connectivity index (χ3v) is 4.42. The fraction of sp³-hybridized carbons (Fsp3) is 0.154. The number of thiazole rings is 1. The first-order valence-corrected chi connectivity index (χ1v) is 7.32. The van der Waals surface area contributed by atoms with Crippen molar-refractivity contribution in [2.45, 2.75) is 0 Å². The molecule has 2 aromatic rings. The number of hydrogen-bond acceptors (Lipinski definition) is 7. The van der Waals surface area contributed by atoms with Crippen molar-refractivity contribution in [2.24, 2.45) is 12.1 Å². The Bertz CT molecular complexity index is 795. The normalized spacial score (nSPS) is 10.8. The number of benzene rings is 1. The summed E-state index contributed by atoms with van der Waals surface area (Å²) >= 11 is 6.17. The first-order valence-electron chi connectivity index (χ1n) is 6.09. The highest BCUT2D eigenvalue weighted by atomic mass is 32.1. The van der Waals surface area contributed by atoms with Crippen molar-refractivity contribution in [3.05, 3.63) is 32.6 Å². The van der Waals surface area contributed by atoms with Crippen LogP contribution in [0.25, 0.3) is 0 Å². The zero-order valence-electron chi connectivity index (χ0n) is 11.9. The topological polar surface area (TPSA) is 102 Å². The van der Waals surface area contributed by atoms with E-state index in [0.29, 0.717) is 26.0 Å². The molecule has 1 aromatic heterocycles. The second kappa shape index (κ2) is 6.58. The van der Waals surface area contributed by atoms with Crippen molar-refractivity contribution in [1.29, 1.82) is 0 Å². The Morgan fingerprint density at radius 1 is 1.59 bits per heavy atom. The van der Waals surface area contributed by atoms with E-state index in [-0.39, 0.29) is 5.75 Å². The summed E-state index contributed by atoms with van der Waals surface area (Å²) in [5.41, 5.74) is 8.83. The van der Waals surface area contributed by atoms with Crippen molar-refractivity contribution >= 4 is 41.5 Å². The number of nitrogen functional groups attached to an aromatic ring is 1. The Balaban J connectivity index is 2.10. The highest BCUT2D eigenvalue weighted by Gasteiger charge is 2.14. The number of phenols is 1. The van der Waals surface area contributed by atoms with Gasteiger partial charge in [-0.3, -0.25) is 4.79 Å². The number of phenolic OH excluding ortho intramolecular Hbond substituents is 1. The maximum absolute atomic E-state index is 12.0. The number of hydrazone groups is 1. The van der Waals surface area contributed by atoms with Crippen LogP contribution in [0.15, 0.2) is 23.3 Å². The number of amides is 1. The number of nitrogens with zero attached hydrogens (tertiary/aromatic N) is 2. The molecule has 0 spiro atoms. The second-order valence-corrected chi connectivity index (χ2v) is 5.92. The minimum Gasteiger partial charge on any atom is -0.504 e. The summed E-state index contributed by atoms with van der Waals surface area (Å²) in [5.74, 6) is 0.214. The van der Waals surface area contributed by atoms with Gasteiger partial charge in [0.2, 0.25) is 0 Å². The Kier molecular flexibility index (Phi) is 4.78. The minimum atomic E-state index is -0.434. The second-order valence-electron chi connectivity index (χ2n) is 4.27. The largest absolute Gasteiger partial charge is 0.504 e. The van der Waals surface area contributed by atoms with E-state index in [0.717, 1.165) is 11.3 Å². The van der Waals surface area contributed by atoms with Crippen LogP contribution in [0.2, 0.25) is 0 Å². The van der Waals surface area contributed by atoms with Crippen molar-refractivity contribution in [3.8, 4) is 11.5 Å². The maximum atomic E-state index is 12.0. The quantitative estimate of drug-likeness (QED) is 0.449. The minimum absolute atomic E-state index is 0.0283. The van der Waals surface area contributed by atoms with Crippen LogP contribution in [0.1, 0.15) is 15.2 Å². The molecule has 9 heteroatoms. The summed E-state index contributed by atoms with van der Waals surface area (Å²) in [6.07, 6.45) is 1.43. The van der Waals surface area contributed by atoms with E-state index in [1.165, 1.54) is 19.4 Å². The number of rotatable bonds is 4. The third-order valence-electron chi connectivity index (χ3n) is 2.85. The van der Waals surface area contributed by atoms with Gasteiger partial charge in [-0.2, -0.15) is 5.10 Å². The number of aromatic nitrogens is 1. The molecule has 1 heterocycles. The summed E-state index contributed by atoms with van der Waals surface area (Å²) in [6, 6.07) is 4.70. The van der Waals surface area contributed by atoms with Crippen LogP contribution in [0, 0.1) is 3.95 Å². The van der Waals surface area contributed by atoms with Gasteiger partial charge in [-0.25, -0.2) is 5.43 Å². The maximum Gasteiger partial charge on any atom is 0.285 e. The average molecular weight is 338 g/mol. The van der Waals surface area contributed by atoms with Gasteiger partial charge in [0.15, 0.2) is 15.5 Å². The van der Waals surface area contributed by atoms with Gasteiger partial charge in [0, 0.05) is 7.05 Å². The molecule has 0 aliphatic rings. The van der Waals surface area contributed by atoms with Crippen molar-refractivity contribution in [2.75, 3.05) is 12.8 Å². The van der Waals surface area contributed by atoms with Crippen LogP contribution in [0.3, 0.4) is 0 Å². The van der Waals surface area contributed by atoms with Gasteiger partial charge in [-0.1, -0.05) is 11.3 Å². The summed E-state index contributed by atoms with van der Waals surface area (Å²) in [4.78, 5) is 12.3. The zero-order chi connectivity index (χ0) is 16.3. The number of anilines is 1. The molecule has 0 saturated heterocycles. The molecular weight excluding hydrogens is 324 g/mol. The Morgan fingerprint density at radius 2 is 2.32 bits per heavy atom. The molecular formula is C13H14N4O3S2. The van der Waals surface area contributed by atoms with Gasteiger partial charge in [0.05, 0.1) is 13.3 Å².